The zero-order chi connectivity index (χ0) is 13.2. The van der Waals surface area contributed by atoms with E-state index in [4.69, 9.17) is 0 Å². The van der Waals surface area contributed by atoms with Gasteiger partial charge in [0.05, 0.1) is 0 Å². The Morgan fingerprint density at radius 3 is 2.37 bits per heavy atom. The molecule has 1 nitrogen and oxygen atoms in total. The lowest BCUT2D eigenvalue weighted by molar-refractivity contribution is 0.177. The van der Waals surface area contributed by atoms with Gasteiger partial charge in [-0.05, 0) is 68.7 Å². The van der Waals surface area contributed by atoms with E-state index in [9.17, 15) is 8.78 Å². The van der Waals surface area contributed by atoms with E-state index in [2.05, 4.69) is 4.90 Å². The highest BCUT2D eigenvalue weighted by Crippen LogP contribution is 2.31. The van der Waals surface area contributed by atoms with Crippen LogP contribution in [0.4, 0.5) is 8.78 Å². The zero-order valence-corrected chi connectivity index (χ0v) is 11.2. The molecule has 1 aromatic carbocycles. The molecule has 0 aromatic heterocycles. The Morgan fingerprint density at radius 1 is 1.00 bits per heavy atom. The third-order valence-corrected chi connectivity index (χ3v) is 4.44. The minimum absolute atomic E-state index is 0.389. The van der Waals surface area contributed by atoms with Crippen molar-refractivity contribution < 1.29 is 8.78 Å². The van der Waals surface area contributed by atoms with Crippen LogP contribution in [0, 0.1) is 23.5 Å². The number of likely N-dealkylation sites (tertiary alicyclic amines) is 1. The predicted octanol–water partition coefficient (Wildman–Crippen LogP) is 3.63. The second-order valence-corrected chi connectivity index (χ2v) is 6.13. The highest BCUT2D eigenvalue weighted by atomic mass is 19.1. The van der Waals surface area contributed by atoms with Crippen molar-refractivity contribution in [2.24, 2.45) is 11.8 Å². The summed E-state index contributed by atoms with van der Waals surface area (Å²) in [5.41, 5.74) is 0.669. The number of halogens is 2. The predicted molar refractivity (Wildman–Crippen MR) is 72.0 cm³/mol. The number of rotatable bonds is 4. The van der Waals surface area contributed by atoms with Gasteiger partial charge in [0.1, 0.15) is 11.6 Å². The summed E-state index contributed by atoms with van der Waals surface area (Å²) < 4.78 is 26.5. The molecule has 1 aromatic rings. The van der Waals surface area contributed by atoms with Crippen LogP contribution in [0.3, 0.4) is 0 Å². The first kappa shape index (κ1) is 13.0. The van der Waals surface area contributed by atoms with Gasteiger partial charge >= 0.3 is 0 Å². The quantitative estimate of drug-likeness (QED) is 0.803. The monoisotopic (exact) mass is 265 g/mol. The van der Waals surface area contributed by atoms with Gasteiger partial charge in [-0.3, -0.25) is 0 Å². The van der Waals surface area contributed by atoms with E-state index in [1.165, 1.54) is 25.5 Å². The molecule has 2 aliphatic rings. The lowest BCUT2D eigenvalue weighted by Gasteiger charge is -2.32. The first-order chi connectivity index (χ1) is 9.20. The van der Waals surface area contributed by atoms with E-state index < -0.39 is 5.82 Å². The zero-order valence-electron chi connectivity index (χ0n) is 11.2. The second-order valence-electron chi connectivity index (χ2n) is 6.13. The lowest BCUT2D eigenvalue weighted by atomic mass is 9.90. The average Bonchev–Trinajstić information content (AvgIpc) is 3.19. The van der Waals surface area contributed by atoms with Crippen molar-refractivity contribution in [1.29, 1.82) is 0 Å². The summed E-state index contributed by atoms with van der Waals surface area (Å²) in [5.74, 6) is 0.627. The summed E-state index contributed by atoms with van der Waals surface area (Å²) in [7, 11) is 0. The maximum atomic E-state index is 13.6. The van der Waals surface area contributed by atoms with Gasteiger partial charge in [0.2, 0.25) is 0 Å². The Kier molecular flexibility index (Phi) is 3.83. The van der Waals surface area contributed by atoms with E-state index >= 15 is 0 Å². The van der Waals surface area contributed by atoms with E-state index in [0.717, 1.165) is 44.3 Å². The number of hydrogen-bond acceptors (Lipinski definition) is 1. The molecule has 0 atom stereocenters. The Morgan fingerprint density at radius 2 is 1.74 bits per heavy atom. The van der Waals surface area contributed by atoms with Crippen LogP contribution >= 0.6 is 0 Å². The smallest absolute Gasteiger partial charge is 0.129 e. The third kappa shape index (κ3) is 3.53. The summed E-state index contributed by atoms with van der Waals surface area (Å²) in [4.78, 5) is 2.55. The van der Waals surface area contributed by atoms with Crippen molar-refractivity contribution in [3.63, 3.8) is 0 Å². The van der Waals surface area contributed by atoms with Gasteiger partial charge in [0, 0.05) is 12.6 Å². The molecular formula is C16H21F2N. The summed E-state index contributed by atoms with van der Waals surface area (Å²) in [6.45, 7) is 3.55. The molecule has 0 unspecified atom stereocenters. The van der Waals surface area contributed by atoms with Gasteiger partial charge < -0.3 is 4.90 Å². The average molecular weight is 265 g/mol. The van der Waals surface area contributed by atoms with Crippen molar-refractivity contribution in [3.8, 4) is 0 Å². The molecule has 1 saturated carbocycles. The normalized spacial score (nSPS) is 21.8. The van der Waals surface area contributed by atoms with Gasteiger partial charge in [-0.2, -0.15) is 0 Å². The molecular weight excluding hydrogens is 244 g/mol. The summed E-state index contributed by atoms with van der Waals surface area (Å²) in [5, 5.41) is 0. The van der Waals surface area contributed by atoms with E-state index in [-0.39, 0.29) is 5.82 Å². The molecule has 2 fully saturated rings. The van der Waals surface area contributed by atoms with Crippen molar-refractivity contribution in [2.75, 3.05) is 19.6 Å². The number of hydrogen-bond donors (Lipinski definition) is 0. The van der Waals surface area contributed by atoms with Crippen LogP contribution in [-0.4, -0.2) is 24.5 Å². The standard InChI is InChI=1S/C16H21F2N/c17-15-4-3-14(16(18)10-15)9-12-5-7-19(8-6-12)11-13-1-2-13/h3-4,10,12-13H,1-2,5-9,11H2. The largest absolute Gasteiger partial charge is 0.303 e. The fraction of sp³-hybridized carbons (Fsp3) is 0.625. The fourth-order valence-corrected chi connectivity index (χ4v) is 3.04. The van der Waals surface area contributed by atoms with E-state index in [0.29, 0.717) is 11.5 Å². The Labute approximate surface area is 113 Å². The molecule has 1 aliphatic heterocycles. The van der Waals surface area contributed by atoms with Crippen LogP contribution in [0.2, 0.25) is 0 Å². The van der Waals surface area contributed by atoms with Gasteiger partial charge in [-0.25, -0.2) is 8.78 Å². The van der Waals surface area contributed by atoms with Gasteiger partial charge in [0.25, 0.3) is 0 Å². The van der Waals surface area contributed by atoms with Crippen molar-refractivity contribution in [2.45, 2.75) is 32.1 Å². The Bertz CT molecular complexity index is 434. The third-order valence-electron chi connectivity index (χ3n) is 4.44. The number of piperidine rings is 1. The number of nitrogens with zero attached hydrogens (tertiary/aromatic N) is 1. The van der Waals surface area contributed by atoms with Crippen LogP contribution < -0.4 is 0 Å². The van der Waals surface area contributed by atoms with Gasteiger partial charge in [-0.15, -0.1) is 0 Å². The molecule has 1 heterocycles. The summed E-state index contributed by atoms with van der Waals surface area (Å²) in [6.07, 6.45) is 5.85. The molecule has 3 rings (SSSR count). The topological polar surface area (TPSA) is 3.24 Å². The van der Waals surface area contributed by atoms with E-state index in [1.807, 2.05) is 0 Å². The van der Waals surface area contributed by atoms with E-state index in [1.54, 1.807) is 6.07 Å². The van der Waals surface area contributed by atoms with Gasteiger partial charge in [0.15, 0.2) is 0 Å². The minimum Gasteiger partial charge on any atom is -0.303 e. The maximum Gasteiger partial charge on any atom is 0.129 e. The Balaban J connectivity index is 1.50. The highest BCUT2D eigenvalue weighted by Gasteiger charge is 2.27. The summed E-state index contributed by atoms with van der Waals surface area (Å²) in [6, 6.07) is 3.96. The van der Waals surface area contributed by atoms with Gasteiger partial charge in [-0.1, -0.05) is 6.07 Å². The van der Waals surface area contributed by atoms with Crippen molar-refractivity contribution >= 4 is 0 Å². The van der Waals surface area contributed by atoms with Crippen LogP contribution in [0.5, 0.6) is 0 Å². The highest BCUT2D eigenvalue weighted by molar-refractivity contribution is 5.19. The van der Waals surface area contributed by atoms with Crippen molar-refractivity contribution in [3.05, 3.63) is 35.4 Å². The molecule has 1 saturated heterocycles. The Hall–Kier alpha value is -0.960. The van der Waals surface area contributed by atoms with Crippen LogP contribution in [-0.2, 0) is 6.42 Å². The van der Waals surface area contributed by atoms with Crippen LogP contribution in [0.25, 0.3) is 0 Å². The molecule has 0 radical (unpaired) electrons. The molecule has 19 heavy (non-hydrogen) atoms. The first-order valence-corrected chi connectivity index (χ1v) is 7.37. The molecule has 0 N–H and O–H groups in total. The number of benzene rings is 1. The summed E-state index contributed by atoms with van der Waals surface area (Å²) >= 11 is 0. The SMILES string of the molecule is Fc1ccc(CC2CCN(CC3CC3)CC2)c(F)c1. The van der Waals surface area contributed by atoms with Crippen molar-refractivity contribution in [1.82, 2.24) is 4.90 Å². The molecule has 1 aliphatic carbocycles. The molecule has 104 valence electrons. The maximum absolute atomic E-state index is 13.6. The van der Waals surface area contributed by atoms with Crippen LogP contribution in [0.1, 0.15) is 31.2 Å². The first-order valence-electron chi connectivity index (χ1n) is 7.37. The lowest BCUT2D eigenvalue weighted by Crippen LogP contribution is -2.35. The van der Waals surface area contributed by atoms with Crippen LogP contribution in [0.15, 0.2) is 18.2 Å². The second kappa shape index (κ2) is 5.58. The minimum atomic E-state index is -0.486. The molecule has 3 heteroatoms. The fourth-order valence-electron chi connectivity index (χ4n) is 3.04. The molecule has 0 amide bonds. The molecule has 0 spiro atoms. The molecule has 0 bridgehead atoms.